The fraction of sp³-hybridized carbons (Fsp3) is 0.500. The van der Waals surface area contributed by atoms with Crippen LogP contribution in [0.5, 0.6) is 5.88 Å². The zero-order valence-corrected chi connectivity index (χ0v) is 12.8. The number of hydrogen-bond acceptors (Lipinski definition) is 5. The van der Waals surface area contributed by atoms with Gasteiger partial charge in [0.2, 0.25) is 12.2 Å². The maximum Gasteiger partial charge on any atom is 0.291 e. The molecule has 3 rings (SSSR count). The first-order chi connectivity index (χ1) is 11.9. The lowest BCUT2D eigenvalue weighted by atomic mass is 9.97. The molecule has 0 bridgehead atoms. The largest absolute Gasteiger partial charge is 0.494 e. The van der Waals surface area contributed by atoms with Crippen molar-refractivity contribution in [3.63, 3.8) is 0 Å². The van der Waals surface area contributed by atoms with Gasteiger partial charge < -0.3 is 20.1 Å². The average Bonchev–Trinajstić information content (AvgIpc) is 2.99. The third kappa shape index (κ3) is 3.31. The molecular weight excluding hydrogens is 345 g/mol. The summed E-state index contributed by atoms with van der Waals surface area (Å²) in [6.07, 6.45) is -5.01. The number of hydrogen-bond donors (Lipinski definition) is 3. The summed E-state index contributed by atoms with van der Waals surface area (Å²) in [4.78, 5) is 26.6. The Morgan fingerprint density at radius 3 is 2.72 bits per heavy atom. The van der Waals surface area contributed by atoms with E-state index in [1.165, 1.54) is 5.32 Å². The fourth-order valence-corrected chi connectivity index (χ4v) is 2.69. The van der Waals surface area contributed by atoms with Crippen molar-refractivity contribution in [1.82, 2.24) is 19.9 Å². The van der Waals surface area contributed by atoms with Gasteiger partial charge in [-0.2, -0.15) is 9.61 Å². The number of H-pyrrole nitrogens is 1. The highest BCUT2D eigenvalue weighted by Gasteiger charge is 2.27. The number of nitrogens with one attached hydrogen (secondary N) is 2. The molecule has 1 unspecified atom stereocenters. The van der Waals surface area contributed by atoms with Gasteiger partial charge in [0.15, 0.2) is 5.56 Å². The second-order valence-electron chi connectivity index (χ2n) is 5.62. The van der Waals surface area contributed by atoms with Gasteiger partial charge in [-0.25, -0.2) is 13.2 Å². The summed E-state index contributed by atoms with van der Waals surface area (Å²) in [5, 5.41) is 15.3. The summed E-state index contributed by atoms with van der Waals surface area (Å²) in [6, 6.07) is 1.55. The lowest BCUT2D eigenvalue weighted by Gasteiger charge is -2.19. The smallest absolute Gasteiger partial charge is 0.291 e. The van der Waals surface area contributed by atoms with E-state index in [1.807, 2.05) is 0 Å². The molecule has 3 heterocycles. The highest BCUT2D eigenvalue weighted by atomic mass is 19.3. The normalized spacial score (nSPS) is 17.1. The number of carbonyl (C=O) groups is 1. The molecule has 2 aromatic rings. The van der Waals surface area contributed by atoms with E-state index < -0.39 is 35.6 Å². The van der Waals surface area contributed by atoms with Crippen LogP contribution in [-0.4, -0.2) is 51.5 Å². The molecule has 8 nitrogen and oxygen atoms in total. The first kappa shape index (κ1) is 17.3. The topological polar surface area (TPSA) is 109 Å². The summed E-state index contributed by atoms with van der Waals surface area (Å²) < 4.78 is 43.5. The van der Waals surface area contributed by atoms with Crippen LogP contribution in [-0.2, 0) is 4.74 Å². The van der Waals surface area contributed by atoms with Crippen molar-refractivity contribution in [3.05, 3.63) is 27.7 Å². The molecule has 1 saturated heterocycles. The van der Waals surface area contributed by atoms with Crippen LogP contribution in [0, 0.1) is 0 Å². The standard InChI is InChI=1S/C14H15F3N4O4/c15-10(16)11(17)19-13(23)9-12(22)18-8-5-7(20-21(8)14(9)24)6-1-3-25-4-2-6/h5-6,10-11,18,22H,1-4H2,(H,19,23). The lowest BCUT2D eigenvalue weighted by Crippen LogP contribution is -2.39. The Morgan fingerprint density at radius 1 is 1.40 bits per heavy atom. The molecule has 0 aromatic carbocycles. The summed E-state index contributed by atoms with van der Waals surface area (Å²) >= 11 is 0. The van der Waals surface area contributed by atoms with Crippen LogP contribution in [0.3, 0.4) is 0 Å². The Kier molecular flexibility index (Phi) is 4.66. The van der Waals surface area contributed by atoms with Gasteiger partial charge in [-0.05, 0) is 12.8 Å². The van der Waals surface area contributed by atoms with Crippen molar-refractivity contribution in [3.8, 4) is 5.88 Å². The molecule has 0 aliphatic carbocycles. The van der Waals surface area contributed by atoms with E-state index in [2.05, 4.69) is 10.1 Å². The number of halogens is 3. The minimum atomic E-state index is -3.46. The second kappa shape index (κ2) is 6.75. The number of aromatic amines is 1. The van der Waals surface area contributed by atoms with Crippen molar-refractivity contribution in [2.24, 2.45) is 0 Å². The van der Waals surface area contributed by atoms with Crippen molar-refractivity contribution in [2.75, 3.05) is 13.2 Å². The Bertz CT molecular complexity index is 844. The number of nitrogens with zero attached hydrogens (tertiary/aromatic N) is 2. The zero-order chi connectivity index (χ0) is 18.1. The Labute approximate surface area is 138 Å². The molecule has 1 atom stereocenters. The number of aromatic hydroxyl groups is 1. The van der Waals surface area contributed by atoms with Crippen molar-refractivity contribution in [2.45, 2.75) is 31.5 Å². The van der Waals surface area contributed by atoms with E-state index in [-0.39, 0.29) is 11.6 Å². The number of fused-ring (bicyclic) bond motifs is 1. The Morgan fingerprint density at radius 2 is 2.08 bits per heavy atom. The van der Waals surface area contributed by atoms with E-state index in [9.17, 15) is 27.9 Å². The molecule has 1 aliphatic heterocycles. The summed E-state index contributed by atoms with van der Waals surface area (Å²) in [5.41, 5.74) is -1.23. The van der Waals surface area contributed by atoms with E-state index in [4.69, 9.17) is 4.74 Å². The third-order valence-electron chi connectivity index (χ3n) is 3.97. The highest BCUT2D eigenvalue weighted by Crippen LogP contribution is 2.26. The van der Waals surface area contributed by atoms with Gasteiger partial charge in [0, 0.05) is 25.2 Å². The summed E-state index contributed by atoms with van der Waals surface area (Å²) in [6.45, 7) is 1.10. The van der Waals surface area contributed by atoms with Crippen LogP contribution in [0.4, 0.5) is 13.2 Å². The van der Waals surface area contributed by atoms with Gasteiger partial charge in [0.1, 0.15) is 5.65 Å². The maximum absolute atomic E-state index is 13.0. The van der Waals surface area contributed by atoms with Crippen LogP contribution in [0.15, 0.2) is 10.9 Å². The molecule has 1 aliphatic rings. The molecule has 1 amide bonds. The molecule has 0 spiro atoms. The Hall–Kier alpha value is -2.56. The van der Waals surface area contributed by atoms with Crippen molar-refractivity contribution >= 4 is 11.6 Å². The highest BCUT2D eigenvalue weighted by molar-refractivity contribution is 5.96. The quantitative estimate of drug-likeness (QED) is 0.703. The fourth-order valence-electron chi connectivity index (χ4n) is 2.69. The SMILES string of the molecule is O=C(NC(F)C(F)F)c1c(O)[nH]c2cc(C3CCOCC3)nn2c1=O. The van der Waals surface area contributed by atoms with Crippen LogP contribution in [0.25, 0.3) is 5.65 Å². The van der Waals surface area contributed by atoms with E-state index >= 15 is 0 Å². The minimum Gasteiger partial charge on any atom is -0.494 e. The average molecular weight is 360 g/mol. The van der Waals surface area contributed by atoms with E-state index in [1.54, 1.807) is 6.07 Å². The monoisotopic (exact) mass is 360 g/mol. The van der Waals surface area contributed by atoms with Crippen LogP contribution >= 0.6 is 0 Å². The number of rotatable bonds is 4. The van der Waals surface area contributed by atoms with Crippen LogP contribution in [0.1, 0.15) is 34.8 Å². The zero-order valence-electron chi connectivity index (χ0n) is 12.8. The molecule has 11 heteroatoms. The molecule has 136 valence electrons. The second-order valence-corrected chi connectivity index (χ2v) is 5.62. The molecular formula is C14H15F3N4O4. The van der Waals surface area contributed by atoms with E-state index in [0.29, 0.717) is 31.7 Å². The van der Waals surface area contributed by atoms with Crippen molar-refractivity contribution < 1.29 is 27.8 Å². The number of carbonyl (C=O) groups excluding carboxylic acids is 1. The number of ether oxygens (including phenoxy) is 1. The predicted molar refractivity (Wildman–Crippen MR) is 78.6 cm³/mol. The van der Waals surface area contributed by atoms with Gasteiger partial charge in [0.05, 0.1) is 5.69 Å². The van der Waals surface area contributed by atoms with Crippen molar-refractivity contribution in [1.29, 1.82) is 0 Å². The Balaban J connectivity index is 1.97. The van der Waals surface area contributed by atoms with Gasteiger partial charge >= 0.3 is 0 Å². The van der Waals surface area contributed by atoms with Gasteiger partial charge in [0.25, 0.3) is 17.9 Å². The number of alkyl halides is 3. The molecule has 0 saturated carbocycles. The first-order valence-corrected chi connectivity index (χ1v) is 7.54. The van der Waals surface area contributed by atoms with E-state index in [0.717, 1.165) is 4.52 Å². The predicted octanol–water partition coefficient (Wildman–Crippen LogP) is 0.913. The molecule has 25 heavy (non-hydrogen) atoms. The maximum atomic E-state index is 13.0. The number of amides is 1. The first-order valence-electron chi connectivity index (χ1n) is 7.54. The van der Waals surface area contributed by atoms with Gasteiger partial charge in [-0.3, -0.25) is 9.59 Å². The minimum absolute atomic E-state index is 0.0509. The molecule has 3 N–H and O–H groups in total. The molecule has 0 radical (unpaired) electrons. The molecule has 1 fully saturated rings. The number of aromatic nitrogens is 3. The van der Waals surface area contributed by atoms with Gasteiger partial charge in [-0.1, -0.05) is 0 Å². The molecule has 2 aromatic heterocycles. The van der Waals surface area contributed by atoms with Crippen LogP contribution in [0.2, 0.25) is 0 Å². The third-order valence-corrected chi connectivity index (χ3v) is 3.97. The van der Waals surface area contributed by atoms with Gasteiger partial charge in [-0.15, -0.1) is 0 Å². The van der Waals surface area contributed by atoms with Crippen LogP contribution < -0.4 is 10.9 Å². The summed E-state index contributed by atoms with van der Waals surface area (Å²) in [7, 11) is 0. The summed E-state index contributed by atoms with van der Waals surface area (Å²) in [5.74, 6) is -2.26. The lowest BCUT2D eigenvalue weighted by molar-refractivity contribution is 0.0285.